The fourth-order valence-corrected chi connectivity index (χ4v) is 2.99. The zero-order valence-electron chi connectivity index (χ0n) is 14.1. The highest BCUT2D eigenvalue weighted by molar-refractivity contribution is 5.84. The van der Waals surface area contributed by atoms with Crippen molar-refractivity contribution in [3.8, 4) is 0 Å². The molecule has 1 aliphatic carbocycles. The number of benzene rings is 1. The number of carbonyl (C=O) groups excluding carboxylic acids is 1. The Bertz CT molecular complexity index is 688. The number of hydrogen-bond donors (Lipinski definition) is 2. The standard InChI is InChI=1S/C18H22FN3O3/c1-25-18(24)21-15-10-13(5-6-14(15)19)16(7-4-12-2-3-12)22-9-8-20-11-17(22)23/h5-6,8-12,16-17,23H,2-4,7H2,1H3,(H,21,24). The molecule has 1 heterocycles. The predicted molar refractivity (Wildman–Crippen MR) is 92.6 cm³/mol. The summed E-state index contributed by atoms with van der Waals surface area (Å²) in [6, 6.07) is 4.45. The van der Waals surface area contributed by atoms with Gasteiger partial charge in [0.1, 0.15) is 5.82 Å². The Morgan fingerprint density at radius 2 is 2.32 bits per heavy atom. The van der Waals surface area contributed by atoms with Gasteiger partial charge in [-0.05, 0) is 36.5 Å². The minimum Gasteiger partial charge on any atom is -0.453 e. The van der Waals surface area contributed by atoms with E-state index in [1.54, 1.807) is 29.4 Å². The predicted octanol–water partition coefficient (Wildman–Crippen LogP) is 3.41. The van der Waals surface area contributed by atoms with E-state index in [2.05, 4.69) is 15.0 Å². The van der Waals surface area contributed by atoms with Gasteiger partial charge in [0.25, 0.3) is 0 Å². The smallest absolute Gasteiger partial charge is 0.411 e. The number of ether oxygens (including phenoxy) is 1. The van der Waals surface area contributed by atoms with Crippen molar-refractivity contribution >= 4 is 18.0 Å². The summed E-state index contributed by atoms with van der Waals surface area (Å²) in [5.74, 6) is 0.196. The van der Waals surface area contributed by atoms with Crippen LogP contribution in [-0.2, 0) is 4.74 Å². The highest BCUT2D eigenvalue weighted by Crippen LogP contribution is 2.38. The number of rotatable bonds is 6. The van der Waals surface area contributed by atoms with Crippen LogP contribution in [-0.4, -0.2) is 35.7 Å². The molecule has 0 saturated heterocycles. The number of halogens is 1. The number of carbonyl (C=O) groups is 1. The maximum atomic E-state index is 14.0. The second-order valence-electron chi connectivity index (χ2n) is 6.35. The van der Waals surface area contributed by atoms with E-state index in [0.717, 1.165) is 24.3 Å². The van der Waals surface area contributed by atoms with Gasteiger partial charge in [0, 0.05) is 12.4 Å². The van der Waals surface area contributed by atoms with Crippen LogP contribution in [0.15, 0.2) is 35.6 Å². The third kappa shape index (κ3) is 4.36. The maximum Gasteiger partial charge on any atom is 0.411 e. The Morgan fingerprint density at radius 3 is 3.00 bits per heavy atom. The van der Waals surface area contributed by atoms with Gasteiger partial charge in [0.15, 0.2) is 6.23 Å². The van der Waals surface area contributed by atoms with Gasteiger partial charge in [-0.25, -0.2) is 9.18 Å². The summed E-state index contributed by atoms with van der Waals surface area (Å²) in [7, 11) is 1.23. The molecule has 0 bridgehead atoms. The van der Waals surface area contributed by atoms with Crippen molar-refractivity contribution in [2.75, 3.05) is 12.4 Å². The molecular weight excluding hydrogens is 325 g/mol. The minimum absolute atomic E-state index is 0.0601. The molecule has 0 radical (unpaired) electrons. The molecule has 0 aromatic heterocycles. The van der Waals surface area contributed by atoms with Crippen LogP contribution in [0.25, 0.3) is 0 Å². The number of nitrogens with one attached hydrogen (secondary N) is 1. The lowest BCUT2D eigenvalue weighted by Gasteiger charge is -2.34. The van der Waals surface area contributed by atoms with Crippen molar-refractivity contribution in [3.05, 3.63) is 42.0 Å². The molecule has 7 heteroatoms. The summed E-state index contributed by atoms with van der Waals surface area (Å²) in [4.78, 5) is 17.2. The maximum absolute atomic E-state index is 14.0. The molecule has 3 rings (SSSR count). The fourth-order valence-electron chi connectivity index (χ4n) is 2.99. The largest absolute Gasteiger partial charge is 0.453 e. The van der Waals surface area contributed by atoms with Gasteiger partial charge in [0.05, 0.1) is 25.1 Å². The lowest BCUT2D eigenvalue weighted by molar-refractivity contribution is 0.0602. The average Bonchev–Trinajstić information content (AvgIpc) is 3.43. The molecule has 1 aromatic rings. The van der Waals surface area contributed by atoms with Crippen molar-refractivity contribution in [1.82, 2.24) is 4.90 Å². The van der Waals surface area contributed by atoms with Gasteiger partial charge in [-0.3, -0.25) is 10.3 Å². The van der Waals surface area contributed by atoms with Crippen LogP contribution in [0.2, 0.25) is 0 Å². The first kappa shape index (κ1) is 17.4. The lowest BCUT2D eigenvalue weighted by Crippen LogP contribution is -2.36. The molecule has 1 aliphatic heterocycles. The molecular formula is C18H22FN3O3. The number of aliphatic hydroxyl groups is 1. The molecule has 6 nitrogen and oxygen atoms in total. The Kier molecular flexibility index (Phi) is 5.33. The second-order valence-corrected chi connectivity index (χ2v) is 6.35. The van der Waals surface area contributed by atoms with Gasteiger partial charge in [-0.15, -0.1) is 0 Å². The molecule has 1 amide bonds. The Morgan fingerprint density at radius 1 is 1.52 bits per heavy atom. The second kappa shape index (κ2) is 7.65. The number of aliphatic imine (C=N–C) groups is 1. The molecule has 2 aliphatic rings. The Labute approximate surface area is 146 Å². The molecule has 1 aromatic carbocycles. The number of amides is 1. The molecule has 1 fully saturated rings. The van der Waals surface area contributed by atoms with E-state index >= 15 is 0 Å². The normalized spacial score (nSPS) is 20.4. The van der Waals surface area contributed by atoms with Crippen LogP contribution < -0.4 is 5.32 Å². The van der Waals surface area contributed by atoms with Crippen molar-refractivity contribution in [2.24, 2.45) is 10.9 Å². The Hall–Kier alpha value is -2.41. The summed E-state index contributed by atoms with van der Waals surface area (Å²) in [5, 5.41) is 12.6. The van der Waals surface area contributed by atoms with E-state index in [-0.39, 0.29) is 11.7 Å². The van der Waals surface area contributed by atoms with Crippen molar-refractivity contribution < 1.29 is 19.0 Å². The van der Waals surface area contributed by atoms with Crippen molar-refractivity contribution in [3.63, 3.8) is 0 Å². The first-order valence-electron chi connectivity index (χ1n) is 8.38. The highest BCUT2D eigenvalue weighted by atomic mass is 19.1. The number of anilines is 1. The first-order chi connectivity index (χ1) is 12.1. The monoisotopic (exact) mass is 347 g/mol. The van der Waals surface area contributed by atoms with Crippen LogP contribution in [0, 0.1) is 11.7 Å². The quantitative estimate of drug-likeness (QED) is 0.827. The number of methoxy groups -OCH3 is 1. The van der Waals surface area contributed by atoms with Gasteiger partial charge in [-0.1, -0.05) is 18.9 Å². The van der Waals surface area contributed by atoms with Crippen LogP contribution in [0.3, 0.4) is 0 Å². The highest BCUT2D eigenvalue weighted by Gasteiger charge is 2.28. The van der Waals surface area contributed by atoms with Crippen molar-refractivity contribution in [1.29, 1.82) is 0 Å². The van der Waals surface area contributed by atoms with Gasteiger partial charge in [0.2, 0.25) is 0 Å². The van der Waals surface area contributed by atoms with E-state index < -0.39 is 18.1 Å². The minimum atomic E-state index is -0.837. The Balaban J connectivity index is 1.86. The van der Waals surface area contributed by atoms with E-state index in [1.165, 1.54) is 32.2 Å². The van der Waals surface area contributed by atoms with Crippen LogP contribution in [0.5, 0.6) is 0 Å². The van der Waals surface area contributed by atoms with Crippen molar-refractivity contribution in [2.45, 2.75) is 38.0 Å². The van der Waals surface area contributed by atoms with E-state index in [4.69, 9.17) is 0 Å². The molecule has 25 heavy (non-hydrogen) atoms. The van der Waals surface area contributed by atoms with Crippen LogP contribution >= 0.6 is 0 Å². The van der Waals surface area contributed by atoms with E-state index in [9.17, 15) is 14.3 Å². The first-order valence-corrected chi connectivity index (χ1v) is 8.38. The molecule has 0 spiro atoms. The average molecular weight is 347 g/mol. The molecule has 2 N–H and O–H groups in total. The summed E-state index contributed by atoms with van der Waals surface area (Å²) >= 11 is 0. The fraction of sp³-hybridized carbons (Fsp3) is 0.444. The number of hydrogen-bond acceptors (Lipinski definition) is 5. The van der Waals surface area contributed by atoms with Gasteiger partial charge in [-0.2, -0.15) is 0 Å². The molecule has 134 valence electrons. The molecule has 1 saturated carbocycles. The number of nitrogens with zero attached hydrogens (tertiary/aromatic N) is 2. The lowest BCUT2D eigenvalue weighted by atomic mass is 9.97. The van der Waals surface area contributed by atoms with Crippen LogP contribution in [0.1, 0.15) is 37.3 Å². The summed E-state index contributed by atoms with van der Waals surface area (Å²) in [6.45, 7) is 0. The molecule has 2 atom stereocenters. The van der Waals surface area contributed by atoms with Gasteiger partial charge < -0.3 is 14.7 Å². The third-order valence-corrected chi connectivity index (χ3v) is 4.55. The van der Waals surface area contributed by atoms with E-state index in [0.29, 0.717) is 0 Å². The topological polar surface area (TPSA) is 74.2 Å². The number of aliphatic hydroxyl groups excluding tert-OH is 1. The zero-order chi connectivity index (χ0) is 17.8. The third-order valence-electron chi connectivity index (χ3n) is 4.55. The van der Waals surface area contributed by atoms with Crippen LogP contribution in [0.4, 0.5) is 14.9 Å². The van der Waals surface area contributed by atoms with E-state index in [1.807, 2.05) is 0 Å². The summed E-state index contributed by atoms with van der Waals surface area (Å²) in [5.41, 5.74) is 0.873. The summed E-state index contributed by atoms with van der Waals surface area (Å²) in [6.07, 6.45) is 7.59. The van der Waals surface area contributed by atoms with Gasteiger partial charge >= 0.3 is 6.09 Å². The molecule has 2 unspecified atom stereocenters. The zero-order valence-corrected chi connectivity index (χ0v) is 14.1. The SMILES string of the molecule is COC(=O)Nc1cc(C(CCC2CC2)N2C=CN=CC2O)ccc1F. The summed E-state index contributed by atoms with van der Waals surface area (Å²) < 4.78 is 18.5.